The molecule has 8 nitrogen and oxygen atoms in total. The van der Waals surface area contributed by atoms with E-state index in [0.29, 0.717) is 37.8 Å². The van der Waals surface area contributed by atoms with E-state index >= 15 is 0 Å². The number of hydrogen-bond donors (Lipinski definition) is 2. The summed E-state index contributed by atoms with van der Waals surface area (Å²) in [7, 11) is 0. The van der Waals surface area contributed by atoms with Crippen molar-refractivity contribution in [3.8, 4) is 0 Å². The number of carbonyl (C=O) groups excluding carboxylic acids is 1. The Morgan fingerprint density at radius 2 is 2.35 bits per heavy atom. The van der Waals surface area contributed by atoms with Crippen molar-refractivity contribution in [3.63, 3.8) is 0 Å². The molecule has 1 unspecified atom stereocenters. The number of aliphatic carboxylic acids is 1. The van der Waals surface area contributed by atoms with Gasteiger partial charge in [0.15, 0.2) is 5.82 Å². The lowest BCUT2D eigenvalue weighted by atomic mass is 10.1. The van der Waals surface area contributed by atoms with Crippen LogP contribution in [0.3, 0.4) is 0 Å². The molecule has 2 amide bonds. The fourth-order valence-corrected chi connectivity index (χ4v) is 2.26. The number of hydrogen-bond acceptors (Lipinski definition) is 5. The lowest BCUT2D eigenvalue weighted by Gasteiger charge is -2.16. The average molecular weight is 282 g/mol. The molecule has 1 aliphatic heterocycles. The van der Waals surface area contributed by atoms with Crippen molar-refractivity contribution >= 4 is 12.0 Å². The molecule has 2 N–H and O–H groups in total. The fraction of sp³-hybridized carbons (Fsp3) is 0.667. The predicted molar refractivity (Wildman–Crippen MR) is 68.1 cm³/mol. The second kappa shape index (κ2) is 6.36. The number of rotatable bonds is 5. The van der Waals surface area contributed by atoms with Crippen molar-refractivity contribution in [3.05, 3.63) is 11.7 Å². The zero-order valence-corrected chi connectivity index (χ0v) is 11.3. The SMILES string of the molecule is Cc1noc(CCNC(=O)N2CCC(CC(=O)O)C2)n1. The summed E-state index contributed by atoms with van der Waals surface area (Å²) in [6.45, 7) is 3.25. The van der Waals surface area contributed by atoms with Gasteiger partial charge in [0, 0.05) is 32.5 Å². The Morgan fingerprint density at radius 1 is 1.55 bits per heavy atom. The first kappa shape index (κ1) is 14.3. The minimum atomic E-state index is -0.816. The van der Waals surface area contributed by atoms with Gasteiger partial charge in [0.2, 0.25) is 5.89 Å². The summed E-state index contributed by atoms with van der Waals surface area (Å²) in [6, 6.07) is -0.172. The van der Waals surface area contributed by atoms with Gasteiger partial charge >= 0.3 is 12.0 Å². The van der Waals surface area contributed by atoms with Gasteiger partial charge in [0.05, 0.1) is 0 Å². The summed E-state index contributed by atoms with van der Waals surface area (Å²) in [6.07, 6.45) is 1.34. The first-order valence-electron chi connectivity index (χ1n) is 6.58. The molecule has 1 fully saturated rings. The van der Waals surface area contributed by atoms with Crippen LogP contribution in [0.15, 0.2) is 4.52 Å². The van der Waals surface area contributed by atoms with Crippen LogP contribution in [0, 0.1) is 12.8 Å². The van der Waals surface area contributed by atoms with Crippen LogP contribution in [0.1, 0.15) is 24.6 Å². The highest BCUT2D eigenvalue weighted by molar-refractivity contribution is 5.74. The zero-order chi connectivity index (χ0) is 14.5. The number of urea groups is 1. The lowest BCUT2D eigenvalue weighted by Crippen LogP contribution is -2.39. The number of aryl methyl sites for hydroxylation is 1. The van der Waals surface area contributed by atoms with E-state index in [2.05, 4.69) is 15.5 Å². The zero-order valence-electron chi connectivity index (χ0n) is 11.3. The number of nitrogens with one attached hydrogen (secondary N) is 1. The average Bonchev–Trinajstić information content (AvgIpc) is 2.98. The molecule has 1 aromatic heterocycles. The van der Waals surface area contributed by atoms with Gasteiger partial charge in [-0.1, -0.05) is 5.16 Å². The van der Waals surface area contributed by atoms with E-state index in [9.17, 15) is 9.59 Å². The van der Waals surface area contributed by atoms with E-state index in [0.717, 1.165) is 6.42 Å². The highest BCUT2D eigenvalue weighted by Crippen LogP contribution is 2.19. The maximum atomic E-state index is 11.9. The highest BCUT2D eigenvalue weighted by Gasteiger charge is 2.27. The molecule has 20 heavy (non-hydrogen) atoms. The van der Waals surface area contributed by atoms with Gasteiger partial charge in [-0.3, -0.25) is 4.79 Å². The van der Waals surface area contributed by atoms with Gasteiger partial charge < -0.3 is 19.8 Å². The first-order chi connectivity index (χ1) is 9.54. The van der Waals surface area contributed by atoms with E-state index in [4.69, 9.17) is 9.63 Å². The van der Waals surface area contributed by atoms with Gasteiger partial charge in [-0.2, -0.15) is 4.98 Å². The number of carboxylic acid groups (broad SMARTS) is 1. The summed E-state index contributed by atoms with van der Waals surface area (Å²) >= 11 is 0. The molecule has 2 rings (SSSR count). The van der Waals surface area contributed by atoms with Crippen LogP contribution in [0.5, 0.6) is 0 Å². The minimum Gasteiger partial charge on any atom is -0.481 e. The van der Waals surface area contributed by atoms with E-state index < -0.39 is 5.97 Å². The Morgan fingerprint density at radius 3 is 3.00 bits per heavy atom. The fourth-order valence-electron chi connectivity index (χ4n) is 2.26. The van der Waals surface area contributed by atoms with Crippen LogP contribution in [0.25, 0.3) is 0 Å². The van der Waals surface area contributed by atoms with Crippen LogP contribution in [-0.2, 0) is 11.2 Å². The maximum absolute atomic E-state index is 11.9. The summed E-state index contributed by atoms with van der Waals surface area (Å²) < 4.78 is 4.94. The molecule has 2 heterocycles. The second-order valence-corrected chi connectivity index (χ2v) is 4.92. The van der Waals surface area contributed by atoms with Crippen molar-refractivity contribution in [2.75, 3.05) is 19.6 Å². The summed E-state index contributed by atoms with van der Waals surface area (Å²) in [4.78, 5) is 28.2. The Kier molecular flexibility index (Phi) is 4.54. The molecule has 0 saturated carbocycles. The molecular weight excluding hydrogens is 264 g/mol. The van der Waals surface area contributed by atoms with Crippen molar-refractivity contribution in [1.29, 1.82) is 0 Å². The smallest absolute Gasteiger partial charge is 0.317 e. The summed E-state index contributed by atoms with van der Waals surface area (Å²) in [5.74, 6) is 0.302. The van der Waals surface area contributed by atoms with Crippen LogP contribution < -0.4 is 5.32 Å². The van der Waals surface area contributed by atoms with E-state index in [1.165, 1.54) is 0 Å². The third-order valence-corrected chi connectivity index (χ3v) is 3.22. The van der Waals surface area contributed by atoms with Gasteiger partial charge in [-0.25, -0.2) is 4.79 Å². The van der Waals surface area contributed by atoms with Crippen molar-refractivity contribution in [2.24, 2.45) is 5.92 Å². The van der Waals surface area contributed by atoms with Gasteiger partial charge in [0.25, 0.3) is 0 Å². The maximum Gasteiger partial charge on any atom is 0.317 e. The molecule has 0 aromatic carbocycles. The molecule has 0 aliphatic carbocycles. The number of nitrogens with zero attached hydrogens (tertiary/aromatic N) is 3. The third kappa shape index (κ3) is 3.94. The summed E-state index contributed by atoms with van der Waals surface area (Å²) in [5, 5.41) is 15.2. The van der Waals surface area contributed by atoms with Crippen molar-refractivity contribution in [2.45, 2.75) is 26.2 Å². The molecule has 0 radical (unpaired) electrons. The standard InChI is InChI=1S/C12H18N4O4/c1-8-14-10(20-15-8)2-4-13-12(19)16-5-3-9(7-16)6-11(17)18/h9H,2-7H2,1H3,(H,13,19)(H,17,18). The molecule has 8 heteroatoms. The quantitative estimate of drug-likeness (QED) is 0.810. The predicted octanol–water partition coefficient (Wildman–Crippen LogP) is 0.427. The minimum absolute atomic E-state index is 0.0526. The van der Waals surface area contributed by atoms with Crippen molar-refractivity contribution < 1.29 is 19.2 Å². The van der Waals surface area contributed by atoms with E-state index in [1.807, 2.05) is 0 Å². The molecule has 0 bridgehead atoms. The molecule has 1 aliphatic rings. The summed E-state index contributed by atoms with van der Waals surface area (Å²) in [5.41, 5.74) is 0. The molecule has 0 spiro atoms. The van der Waals surface area contributed by atoms with Gasteiger partial charge in [-0.05, 0) is 19.3 Å². The molecule has 110 valence electrons. The molecule has 1 aromatic rings. The molecule has 1 atom stereocenters. The monoisotopic (exact) mass is 282 g/mol. The van der Waals surface area contributed by atoms with Crippen LogP contribution >= 0.6 is 0 Å². The Labute approximate surface area is 116 Å². The number of carboxylic acids is 1. The number of likely N-dealkylation sites (tertiary alicyclic amines) is 1. The second-order valence-electron chi connectivity index (χ2n) is 4.92. The van der Waals surface area contributed by atoms with Crippen LogP contribution in [-0.4, -0.2) is 51.8 Å². The topological polar surface area (TPSA) is 109 Å². The highest BCUT2D eigenvalue weighted by atomic mass is 16.5. The number of carbonyl (C=O) groups is 2. The third-order valence-electron chi connectivity index (χ3n) is 3.22. The Bertz CT molecular complexity index is 488. The number of amides is 2. The van der Waals surface area contributed by atoms with Crippen LogP contribution in [0.2, 0.25) is 0 Å². The van der Waals surface area contributed by atoms with Gasteiger partial charge in [-0.15, -0.1) is 0 Å². The normalized spacial score (nSPS) is 18.2. The lowest BCUT2D eigenvalue weighted by molar-refractivity contribution is -0.138. The Balaban J connectivity index is 1.69. The molecule has 1 saturated heterocycles. The Hall–Kier alpha value is -2.12. The van der Waals surface area contributed by atoms with Crippen LogP contribution in [0.4, 0.5) is 4.79 Å². The molecular formula is C12H18N4O4. The van der Waals surface area contributed by atoms with Crippen molar-refractivity contribution in [1.82, 2.24) is 20.4 Å². The van der Waals surface area contributed by atoms with E-state index in [1.54, 1.807) is 11.8 Å². The van der Waals surface area contributed by atoms with Gasteiger partial charge in [0.1, 0.15) is 0 Å². The largest absolute Gasteiger partial charge is 0.481 e. The number of aromatic nitrogens is 2. The first-order valence-corrected chi connectivity index (χ1v) is 6.58. The van der Waals surface area contributed by atoms with E-state index in [-0.39, 0.29) is 18.4 Å².